The fraction of sp³-hybridized carbons (Fsp3) is 0.571. The van der Waals surface area contributed by atoms with Gasteiger partial charge < -0.3 is 0 Å². The van der Waals surface area contributed by atoms with Crippen molar-refractivity contribution in [3.8, 4) is 0 Å². The second-order valence-electron chi connectivity index (χ2n) is 5.04. The van der Waals surface area contributed by atoms with E-state index in [1.54, 1.807) is 24.3 Å². The number of hydrogen-bond donors (Lipinski definition) is 0. The van der Waals surface area contributed by atoms with E-state index < -0.39 is 11.3 Å². The lowest BCUT2D eigenvalue weighted by atomic mass is 9.66. The molecule has 0 saturated heterocycles. The van der Waals surface area contributed by atoms with Gasteiger partial charge in [0.15, 0.2) is 0 Å². The lowest BCUT2D eigenvalue weighted by Gasteiger charge is -2.42. The summed E-state index contributed by atoms with van der Waals surface area (Å²) in [6.45, 7) is 1.04. The van der Waals surface area contributed by atoms with Crippen LogP contribution in [0.4, 0.5) is 8.78 Å². The highest BCUT2D eigenvalue weighted by Crippen LogP contribution is 2.50. The van der Waals surface area contributed by atoms with E-state index in [0.717, 1.165) is 26.2 Å². The van der Waals surface area contributed by atoms with Gasteiger partial charge in [-0.05, 0) is 30.5 Å². The van der Waals surface area contributed by atoms with Gasteiger partial charge in [-0.3, -0.25) is 0 Å². The van der Waals surface area contributed by atoms with E-state index >= 15 is 0 Å². The minimum Gasteiger partial charge on any atom is -0.206 e. The minimum absolute atomic E-state index is 0.539. The molecule has 1 aromatic carbocycles. The third-order valence-electron chi connectivity index (χ3n) is 3.92. The summed E-state index contributed by atoms with van der Waals surface area (Å²) in [5, 5.41) is 0.539. The third kappa shape index (κ3) is 2.33. The van der Waals surface area contributed by atoms with Crippen LogP contribution in [0.3, 0.4) is 0 Å². The molecule has 3 heteroatoms. The van der Waals surface area contributed by atoms with Gasteiger partial charge in [-0.15, -0.1) is 0 Å². The summed E-state index contributed by atoms with van der Waals surface area (Å²) in [6, 6.07) is 6.98. The summed E-state index contributed by atoms with van der Waals surface area (Å²) in [5.74, 6) is -2.70. The Balaban J connectivity index is 2.46. The van der Waals surface area contributed by atoms with Crippen molar-refractivity contribution in [3.05, 3.63) is 34.9 Å². The van der Waals surface area contributed by atoms with Crippen molar-refractivity contribution in [3.63, 3.8) is 0 Å². The maximum absolute atomic E-state index is 14.0. The molecule has 0 atom stereocenters. The number of alkyl halides is 2. The Kier molecular flexibility index (Phi) is 3.44. The third-order valence-corrected chi connectivity index (χ3v) is 4.16. The van der Waals surface area contributed by atoms with E-state index in [2.05, 4.69) is 0 Å². The molecule has 0 bridgehead atoms. The Morgan fingerprint density at radius 2 is 1.82 bits per heavy atom. The van der Waals surface area contributed by atoms with Gasteiger partial charge in [0.1, 0.15) is 0 Å². The van der Waals surface area contributed by atoms with Gasteiger partial charge >= 0.3 is 0 Å². The average Bonchev–Trinajstić information content (AvgIpc) is 2.28. The van der Waals surface area contributed by atoms with E-state index in [4.69, 9.17) is 11.6 Å². The normalized spacial score (nSPS) is 20.2. The first kappa shape index (κ1) is 12.8. The molecule has 1 aromatic rings. The molecule has 2 rings (SSSR count). The van der Waals surface area contributed by atoms with E-state index in [1.165, 1.54) is 0 Å². The summed E-state index contributed by atoms with van der Waals surface area (Å²) in [4.78, 5) is 0. The molecule has 0 N–H and O–H groups in total. The van der Waals surface area contributed by atoms with Crippen LogP contribution in [0.1, 0.15) is 44.6 Å². The van der Waals surface area contributed by atoms with Crippen LogP contribution in [-0.4, -0.2) is 5.92 Å². The second-order valence-corrected chi connectivity index (χ2v) is 5.48. The molecule has 0 heterocycles. The smallest absolute Gasteiger partial charge is 0.206 e. The van der Waals surface area contributed by atoms with Gasteiger partial charge in [0.2, 0.25) is 0 Å². The Morgan fingerprint density at radius 3 is 2.35 bits per heavy atom. The van der Waals surface area contributed by atoms with Gasteiger partial charge in [-0.2, -0.15) is 0 Å². The van der Waals surface area contributed by atoms with Crippen molar-refractivity contribution in [2.75, 3.05) is 0 Å². The Bertz CT molecular complexity index is 389. The molecule has 1 saturated carbocycles. The molecule has 17 heavy (non-hydrogen) atoms. The van der Waals surface area contributed by atoms with E-state index in [9.17, 15) is 8.78 Å². The molecule has 0 spiro atoms. The molecule has 0 nitrogen and oxygen atoms in total. The predicted molar refractivity (Wildman–Crippen MR) is 66.8 cm³/mol. The Hall–Kier alpha value is -0.630. The molecule has 1 aliphatic carbocycles. The highest BCUT2D eigenvalue weighted by Gasteiger charge is 2.51. The molecular formula is C14H17ClF2. The van der Waals surface area contributed by atoms with Crippen LogP contribution in [0.5, 0.6) is 0 Å². The number of benzene rings is 1. The lowest BCUT2D eigenvalue weighted by molar-refractivity contribution is -0.0777. The largest absolute Gasteiger partial charge is 0.254 e. The van der Waals surface area contributed by atoms with Crippen LogP contribution >= 0.6 is 11.6 Å². The van der Waals surface area contributed by atoms with Crippen LogP contribution in [0.15, 0.2) is 24.3 Å². The molecule has 0 radical (unpaired) electrons. The quantitative estimate of drug-likeness (QED) is 0.684. The molecule has 0 amide bonds. The van der Waals surface area contributed by atoms with Crippen molar-refractivity contribution in [2.45, 2.75) is 50.4 Å². The fourth-order valence-electron chi connectivity index (χ4n) is 2.92. The monoisotopic (exact) mass is 258 g/mol. The second kappa shape index (κ2) is 4.56. The lowest BCUT2D eigenvalue weighted by Crippen LogP contribution is -2.44. The standard InChI is InChI=1S/C14H17ClF2/c1-13(16,17)14(8-3-2-4-9-14)11-6-5-7-12(15)10-11/h5-7,10H,2-4,8-9H2,1H3. The summed E-state index contributed by atoms with van der Waals surface area (Å²) in [6.07, 6.45) is 3.90. The van der Waals surface area contributed by atoms with E-state index in [-0.39, 0.29) is 0 Å². The van der Waals surface area contributed by atoms with Crippen molar-refractivity contribution in [1.29, 1.82) is 0 Å². The average molecular weight is 259 g/mol. The van der Waals surface area contributed by atoms with Gasteiger partial charge in [0.05, 0.1) is 5.41 Å². The zero-order valence-corrected chi connectivity index (χ0v) is 10.7. The van der Waals surface area contributed by atoms with E-state index in [1.807, 2.05) is 0 Å². The summed E-state index contributed by atoms with van der Waals surface area (Å²) < 4.78 is 28.1. The highest BCUT2D eigenvalue weighted by molar-refractivity contribution is 6.30. The highest BCUT2D eigenvalue weighted by atomic mass is 35.5. The van der Waals surface area contributed by atoms with Crippen molar-refractivity contribution >= 4 is 11.6 Å². The van der Waals surface area contributed by atoms with Crippen molar-refractivity contribution in [1.82, 2.24) is 0 Å². The maximum atomic E-state index is 14.0. The molecule has 94 valence electrons. The van der Waals surface area contributed by atoms with E-state index in [0.29, 0.717) is 23.4 Å². The van der Waals surface area contributed by atoms with Crippen LogP contribution < -0.4 is 0 Å². The molecule has 0 aliphatic heterocycles. The van der Waals surface area contributed by atoms with Crippen molar-refractivity contribution < 1.29 is 8.78 Å². The van der Waals surface area contributed by atoms with Crippen LogP contribution in [0, 0.1) is 0 Å². The Labute approximate surface area is 106 Å². The van der Waals surface area contributed by atoms with Gasteiger partial charge in [-0.1, -0.05) is 43.0 Å². The summed E-state index contributed by atoms with van der Waals surface area (Å²) >= 11 is 5.93. The predicted octanol–water partition coefficient (Wildman–Crippen LogP) is 5.20. The molecule has 0 aromatic heterocycles. The maximum Gasteiger partial charge on any atom is 0.254 e. The zero-order chi connectivity index (χ0) is 12.5. The number of hydrogen-bond acceptors (Lipinski definition) is 0. The van der Waals surface area contributed by atoms with Gasteiger partial charge in [0, 0.05) is 11.9 Å². The molecule has 1 aliphatic rings. The van der Waals surface area contributed by atoms with Gasteiger partial charge in [0.25, 0.3) is 5.92 Å². The molecule has 0 unspecified atom stereocenters. The first-order valence-corrected chi connectivity index (χ1v) is 6.47. The zero-order valence-electron chi connectivity index (χ0n) is 9.98. The first-order chi connectivity index (χ1) is 7.96. The molecule has 1 fully saturated rings. The van der Waals surface area contributed by atoms with Crippen LogP contribution in [0.2, 0.25) is 5.02 Å². The van der Waals surface area contributed by atoms with Gasteiger partial charge in [-0.25, -0.2) is 8.78 Å². The fourth-order valence-corrected chi connectivity index (χ4v) is 3.11. The first-order valence-electron chi connectivity index (χ1n) is 6.10. The Morgan fingerprint density at radius 1 is 1.18 bits per heavy atom. The SMILES string of the molecule is CC(F)(F)C1(c2cccc(Cl)c2)CCCCC1. The number of rotatable bonds is 2. The molecular weight excluding hydrogens is 242 g/mol. The van der Waals surface area contributed by atoms with Crippen molar-refractivity contribution in [2.24, 2.45) is 0 Å². The summed E-state index contributed by atoms with van der Waals surface area (Å²) in [5.41, 5.74) is -0.326. The number of halogens is 3. The summed E-state index contributed by atoms with van der Waals surface area (Å²) in [7, 11) is 0. The van der Waals surface area contributed by atoms with Crippen LogP contribution in [-0.2, 0) is 5.41 Å². The minimum atomic E-state index is -2.70. The topological polar surface area (TPSA) is 0 Å². The van der Waals surface area contributed by atoms with Crippen LogP contribution in [0.25, 0.3) is 0 Å².